The molecule has 14 heteroatoms. The Morgan fingerprint density at radius 1 is 0.696 bits per heavy atom. The number of aliphatic hydroxyl groups excluding tert-OH is 1. The first-order chi connectivity index (χ1) is 26.6. The lowest BCUT2D eigenvalue weighted by atomic mass is 10.0. The molecular formula is C42H57F5N4O4S. The Kier molecular flexibility index (Phi) is 18.4. The van der Waals surface area contributed by atoms with E-state index >= 15 is 8.78 Å². The third-order valence-corrected chi connectivity index (χ3v) is 11.9. The Bertz CT molecular complexity index is 1900. The third kappa shape index (κ3) is 12.1. The summed E-state index contributed by atoms with van der Waals surface area (Å²) in [5, 5.41) is 11.8. The van der Waals surface area contributed by atoms with E-state index in [2.05, 4.69) is 24.2 Å². The highest BCUT2D eigenvalue weighted by Crippen LogP contribution is 2.31. The first kappa shape index (κ1) is 46.5. The number of carbonyl (C=O) groups is 1. The molecule has 8 nitrogen and oxygen atoms in total. The van der Waals surface area contributed by atoms with Crippen LogP contribution in [0, 0.1) is 49.9 Å². The Morgan fingerprint density at radius 3 is 1.73 bits per heavy atom. The molecule has 3 rings (SSSR count). The summed E-state index contributed by atoms with van der Waals surface area (Å²) >= 11 is 0. The molecule has 3 aromatic carbocycles. The highest BCUT2D eigenvalue weighted by atomic mass is 32.2. The molecule has 0 aliphatic rings. The molecule has 0 aromatic heterocycles. The molecule has 56 heavy (non-hydrogen) atoms. The predicted octanol–water partition coefficient (Wildman–Crippen LogP) is 10.2. The number of benzene rings is 3. The Balaban J connectivity index is 2.03. The van der Waals surface area contributed by atoms with Crippen LogP contribution in [0.5, 0.6) is 0 Å². The number of unbranched alkanes of at least 4 members (excludes halogenated alkanes) is 10. The number of anilines is 2. The van der Waals surface area contributed by atoms with E-state index in [4.69, 9.17) is 0 Å². The molecule has 0 bridgehead atoms. The number of rotatable bonds is 23. The largest absolute Gasteiger partial charge is 0.395 e. The van der Waals surface area contributed by atoms with Crippen LogP contribution in [0.3, 0.4) is 0 Å². The maximum atomic E-state index is 15.3. The fourth-order valence-electron chi connectivity index (χ4n) is 6.45. The Hall–Kier alpha value is -3.88. The third-order valence-electron chi connectivity index (χ3n) is 9.86. The minimum atomic E-state index is -3.98. The molecule has 310 valence electrons. The number of nitrogens with one attached hydrogen (secondary N) is 1. The van der Waals surface area contributed by atoms with E-state index in [1.54, 1.807) is 44.9 Å². The van der Waals surface area contributed by atoms with E-state index in [1.165, 1.54) is 22.5 Å². The van der Waals surface area contributed by atoms with Gasteiger partial charge in [0.25, 0.3) is 5.91 Å². The highest BCUT2D eigenvalue weighted by Gasteiger charge is 2.33. The van der Waals surface area contributed by atoms with Crippen LogP contribution in [0.2, 0.25) is 0 Å². The standard InChI is InChI=1S/C42H57F5N4O4S/c1-7-9-11-13-15-17-21-51(22-18-16-14-12-10-8-2)56(54,55)34-27-29(4)33(26-30(34)5)49-42(53)41(35-36(43)38(45)40(47)39(46)37(35)44)48-32-20-19-31(25-28(32)3)50(6)23-24-52/h19-20,25-27,52H,7-18,21-24H2,1-6H3,(H,49,53). The quantitative estimate of drug-likeness (QED) is 0.0327. The number of amides is 1. The van der Waals surface area contributed by atoms with Gasteiger partial charge in [0.2, 0.25) is 15.8 Å². The SMILES string of the molecule is CCCCCCCCN(CCCCCCCC)S(=O)(=O)c1cc(C)c(NC(=O)C(=Nc2ccc(N(C)CCO)cc2C)c2c(F)c(F)c(F)c(F)c2F)cc1C. The molecule has 0 atom stereocenters. The second-order valence-corrected chi connectivity index (χ2v) is 16.3. The summed E-state index contributed by atoms with van der Waals surface area (Å²) in [6.07, 6.45) is 12.0. The van der Waals surface area contributed by atoms with Crippen molar-refractivity contribution < 1.29 is 40.3 Å². The lowest BCUT2D eigenvalue weighted by molar-refractivity contribution is -0.110. The predicted molar refractivity (Wildman–Crippen MR) is 214 cm³/mol. The van der Waals surface area contributed by atoms with Crippen molar-refractivity contribution in [2.45, 2.75) is 117 Å². The number of aliphatic hydroxyl groups is 1. The number of likely N-dealkylation sites (N-methyl/N-ethyl adjacent to an activating group) is 1. The molecule has 0 saturated carbocycles. The van der Waals surface area contributed by atoms with E-state index in [0.29, 0.717) is 37.2 Å². The van der Waals surface area contributed by atoms with Gasteiger partial charge in [-0.25, -0.2) is 35.4 Å². The molecule has 0 aliphatic heterocycles. The molecular weight excluding hydrogens is 752 g/mol. The van der Waals surface area contributed by atoms with E-state index in [0.717, 1.165) is 64.2 Å². The van der Waals surface area contributed by atoms with Gasteiger partial charge >= 0.3 is 0 Å². The molecule has 0 radical (unpaired) electrons. The maximum Gasteiger partial charge on any atom is 0.275 e. The van der Waals surface area contributed by atoms with Gasteiger partial charge in [0.1, 0.15) is 5.71 Å². The van der Waals surface area contributed by atoms with E-state index in [9.17, 15) is 31.5 Å². The van der Waals surface area contributed by atoms with Crippen LogP contribution in [-0.2, 0) is 14.8 Å². The van der Waals surface area contributed by atoms with Crippen molar-refractivity contribution in [2.75, 3.05) is 43.5 Å². The number of sulfonamides is 1. The molecule has 0 aliphatic carbocycles. The lowest BCUT2D eigenvalue weighted by Gasteiger charge is -2.24. The van der Waals surface area contributed by atoms with Gasteiger partial charge in [0, 0.05) is 38.1 Å². The second-order valence-electron chi connectivity index (χ2n) is 14.3. The van der Waals surface area contributed by atoms with Crippen LogP contribution in [0.25, 0.3) is 0 Å². The zero-order chi connectivity index (χ0) is 41.6. The number of aliphatic imine (C=N–C) groups is 1. The lowest BCUT2D eigenvalue weighted by Crippen LogP contribution is -2.33. The summed E-state index contributed by atoms with van der Waals surface area (Å²) < 4.78 is 103. The summed E-state index contributed by atoms with van der Waals surface area (Å²) in [5.74, 6) is -12.6. The van der Waals surface area contributed by atoms with Gasteiger partial charge < -0.3 is 15.3 Å². The van der Waals surface area contributed by atoms with E-state index < -0.39 is 56.3 Å². The Morgan fingerprint density at radius 2 is 1.21 bits per heavy atom. The number of halogens is 5. The van der Waals surface area contributed by atoms with Crippen molar-refractivity contribution in [3.8, 4) is 0 Å². The first-order valence-corrected chi connectivity index (χ1v) is 21.0. The molecule has 0 spiro atoms. The molecule has 1 amide bonds. The molecule has 3 aromatic rings. The molecule has 0 unspecified atom stereocenters. The van der Waals surface area contributed by atoms with Crippen LogP contribution in [0.1, 0.15) is 113 Å². The molecule has 2 N–H and O–H groups in total. The maximum absolute atomic E-state index is 15.3. The number of hydrogen-bond donors (Lipinski definition) is 2. The fourth-order valence-corrected chi connectivity index (χ4v) is 8.26. The minimum Gasteiger partial charge on any atom is -0.395 e. The van der Waals surface area contributed by atoms with Gasteiger partial charge in [-0.05, 0) is 80.6 Å². The van der Waals surface area contributed by atoms with Crippen LogP contribution in [0.15, 0.2) is 40.2 Å². The zero-order valence-electron chi connectivity index (χ0n) is 33.5. The Labute approximate surface area is 329 Å². The minimum absolute atomic E-state index is 0.00500. The number of carbonyl (C=O) groups excluding carboxylic acids is 1. The van der Waals surface area contributed by atoms with Crippen molar-refractivity contribution in [3.05, 3.63) is 81.7 Å². The van der Waals surface area contributed by atoms with Crippen molar-refractivity contribution >= 4 is 38.7 Å². The van der Waals surface area contributed by atoms with Crippen LogP contribution >= 0.6 is 0 Å². The molecule has 0 heterocycles. The first-order valence-electron chi connectivity index (χ1n) is 19.6. The van der Waals surface area contributed by atoms with Crippen LogP contribution in [0.4, 0.5) is 39.0 Å². The average Bonchev–Trinajstić information content (AvgIpc) is 3.16. The van der Waals surface area contributed by atoms with E-state index in [-0.39, 0.29) is 40.5 Å². The van der Waals surface area contributed by atoms with Gasteiger partial charge in [-0.2, -0.15) is 4.31 Å². The fraction of sp³-hybridized carbons (Fsp3) is 0.524. The molecule has 0 fully saturated rings. The van der Waals surface area contributed by atoms with Gasteiger partial charge in [-0.3, -0.25) is 4.79 Å². The van der Waals surface area contributed by atoms with Gasteiger partial charge in [0.15, 0.2) is 23.3 Å². The molecule has 0 saturated heterocycles. The highest BCUT2D eigenvalue weighted by molar-refractivity contribution is 7.89. The second kappa shape index (κ2) is 22.2. The number of aryl methyl sites for hydroxylation is 3. The van der Waals surface area contributed by atoms with Crippen molar-refractivity contribution in [1.29, 1.82) is 0 Å². The van der Waals surface area contributed by atoms with Crippen molar-refractivity contribution in [1.82, 2.24) is 4.31 Å². The summed E-state index contributed by atoms with van der Waals surface area (Å²) in [5.41, 5.74) is -0.945. The van der Waals surface area contributed by atoms with Gasteiger partial charge in [0.05, 0.1) is 22.8 Å². The number of nitrogens with zero attached hydrogens (tertiary/aromatic N) is 3. The van der Waals surface area contributed by atoms with Crippen molar-refractivity contribution in [3.63, 3.8) is 0 Å². The van der Waals surface area contributed by atoms with Gasteiger partial charge in [-0.1, -0.05) is 78.1 Å². The average molecular weight is 809 g/mol. The summed E-state index contributed by atoms with van der Waals surface area (Å²) in [6.45, 7) is 9.83. The number of hydrogen-bond acceptors (Lipinski definition) is 6. The van der Waals surface area contributed by atoms with Gasteiger partial charge in [-0.15, -0.1) is 0 Å². The van der Waals surface area contributed by atoms with Crippen LogP contribution in [-0.4, -0.2) is 62.7 Å². The normalized spacial score (nSPS) is 12.1. The smallest absolute Gasteiger partial charge is 0.275 e. The summed E-state index contributed by atoms with van der Waals surface area (Å²) in [4.78, 5) is 19.8. The monoisotopic (exact) mass is 808 g/mol. The summed E-state index contributed by atoms with van der Waals surface area (Å²) in [6, 6.07) is 7.41. The summed E-state index contributed by atoms with van der Waals surface area (Å²) in [7, 11) is -2.26. The topological polar surface area (TPSA) is 102 Å². The zero-order valence-corrected chi connectivity index (χ0v) is 34.3. The van der Waals surface area contributed by atoms with E-state index in [1.807, 2.05) is 0 Å². The van der Waals surface area contributed by atoms with Crippen LogP contribution < -0.4 is 10.2 Å². The van der Waals surface area contributed by atoms with Crippen molar-refractivity contribution in [2.24, 2.45) is 4.99 Å².